The number of carbonyl (C=O) groups excluding carboxylic acids is 1. The lowest BCUT2D eigenvalue weighted by Crippen LogP contribution is -2.29. The van der Waals surface area contributed by atoms with Crippen molar-refractivity contribution in [3.8, 4) is 5.75 Å². The molecule has 6 nitrogen and oxygen atoms in total. The number of unbranched alkanes of at least 4 members (excludes halogenated alkanes) is 2. The Morgan fingerprint density at radius 3 is 2.65 bits per heavy atom. The van der Waals surface area contributed by atoms with Gasteiger partial charge in [0.1, 0.15) is 11.9 Å². The standard InChI is InChI=1S/C28H42O6/c1-4-6-7-10-21(34-28(32)18(3)5-2)12-13-22-23-14-19-9-8-11-26(33-17-27(30)31)24(19)15-20(23)16-25(22)29/h8-9,11,18,20-23,25,29H,4-7,10,12-17H2,1-3H3,(H,30,31)/t18-,20-,21-,22+,23-,25+/m0/s1. The maximum absolute atomic E-state index is 12.5. The van der Waals surface area contributed by atoms with E-state index in [1.807, 2.05) is 26.0 Å². The fourth-order valence-corrected chi connectivity index (χ4v) is 5.79. The van der Waals surface area contributed by atoms with Crippen LogP contribution in [0.3, 0.4) is 0 Å². The second kappa shape index (κ2) is 12.6. The molecule has 1 fully saturated rings. The quantitative estimate of drug-likeness (QED) is 0.302. The molecule has 0 bridgehead atoms. The molecule has 0 radical (unpaired) electrons. The molecule has 2 aliphatic rings. The highest BCUT2D eigenvalue weighted by Crippen LogP contribution is 2.48. The largest absolute Gasteiger partial charge is 0.482 e. The normalized spacial score (nSPS) is 25.2. The van der Waals surface area contributed by atoms with Gasteiger partial charge in [0.25, 0.3) is 0 Å². The Kier molecular flexibility index (Phi) is 9.81. The van der Waals surface area contributed by atoms with E-state index < -0.39 is 5.97 Å². The highest BCUT2D eigenvalue weighted by molar-refractivity contribution is 5.72. The Hall–Kier alpha value is -2.08. The van der Waals surface area contributed by atoms with Gasteiger partial charge < -0.3 is 19.7 Å². The third-order valence-corrected chi connectivity index (χ3v) is 7.95. The van der Waals surface area contributed by atoms with Gasteiger partial charge in [-0.1, -0.05) is 45.7 Å². The second-order valence-corrected chi connectivity index (χ2v) is 10.3. The zero-order chi connectivity index (χ0) is 24.7. The third kappa shape index (κ3) is 6.74. The molecule has 0 spiro atoms. The van der Waals surface area contributed by atoms with Crippen LogP contribution >= 0.6 is 0 Å². The van der Waals surface area contributed by atoms with Crippen LogP contribution < -0.4 is 4.74 Å². The lowest BCUT2D eigenvalue weighted by molar-refractivity contribution is -0.154. The number of aliphatic hydroxyl groups is 1. The predicted octanol–water partition coefficient (Wildman–Crippen LogP) is 5.18. The van der Waals surface area contributed by atoms with E-state index in [-0.39, 0.29) is 36.6 Å². The van der Waals surface area contributed by atoms with Gasteiger partial charge in [-0.25, -0.2) is 4.79 Å². The summed E-state index contributed by atoms with van der Waals surface area (Å²) in [5.74, 6) is 0.436. The van der Waals surface area contributed by atoms with Crippen molar-refractivity contribution in [2.24, 2.45) is 23.7 Å². The molecule has 34 heavy (non-hydrogen) atoms. The molecule has 0 aromatic heterocycles. The van der Waals surface area contributed by atoms with Crippen molar-refractivity contribution in [2.75, 3.05) is 6.61 Å². The summed E-state index contributed by atoms with van der Waals surface area (Å²) < 4.78 is 11.5. The number of carboxylic acids is 1. The number of ether oxygens (including phenoxy) is 2. The molecule has 190 valence electrons. The molecule has 0 heterocycles. The Bertz CT molecular complexity index is 821. The fraction of sp³-hybridized carbons (Fsp3) is 0.714. The molecule has 0 saturated heterocycles. The van der Waals surface area contributed by atoms with Crippen molar-refractivity contribution in [1.82, 2.24) is 0 Å². The first-order chi connectivity index (χ1) is 16.3. The van der Waals surface area contributed by atoms with Crippen LogP contribution in [0.25, 0.3) is 0 Å². The summed E-state index contributed by atoms with van der Waals surface area (Å²) in [6.07, 6.45) is 8.67. The van der Waals surface area contributed by atoms with Crippen molar-refractivity contribution in [1.29, 1.82) is 0 Å². The molecule has 0 aliphatic heterocycles. The molecule has 1 aromatic rings. The average molecular weight is 475 g/mol. The highest BCUT2D eigenvalue weighted by atomic mass is 16.5. The Labute approximate surface area is 204 Å². The molecule has 1 aromatic carbocycles. The minimum absolute atomic E-state index is 0.0776. The number of carboxylic acid groups (broad SMARTS) is 1. The number of esters is 1. The van der Waals surface area contributed by atoms with E-state index in [2.05, 4.69) is 13.0 Å². The summed E-state index contributed by atoms with van der Waals surface area (Å²) in [4.78, 5) is 23.4. The van der Waals surface area contributed by atoms with E-state index in [0.717, 1.165) is 69.8 Å². The van der Waals surface area contributed by atoms with Crippen molar-refractivity contribution < 1.29 is 29.3 Å². The number of benzene rings is 1. The Morgan fingerprint density at radius 1 is 1.15 bits per heavy atom. The van der Waals surface area contributed by atoms with Crippen molar-refractivity contribution in [3.63, 3.8) is 0 Å². The molecule has 0 unspecified atom stereocenters. The van der Waals surface area contributed by atoms with Crippen LogP contribution in [-0.2, 0) is 27.2 Å². The number of fused-ring (bicyclic) bond motifs is 2. The number of hydrogen-bond acceptors (Lipinski definition) is 5. The number of aliphatic carboxylic acids is 1. The first-order valence-electron chi connectivity index (χ1n) is 13.2. The maximum Gasteiger partial charge on any atom is 0.341 e. The Balaban J connectivity index is 1.65. The predicted molar refractivity (Wildman–Crippen MR) is 131 cm³/mol. The first-order valence-corrected chi connectivity index (χ1v) is 13.2. The van der Waals surface area contributed by atoms with Gasteiger partial charge >= 0.3 is 11.9 Å². The van der Waals surface area contributed by atoms with Gasteiger partial charge in [-0.15, -0.1) is 0 Å². The van der Waals surface area contributed by atoms with Gasteiger partial charge in [-0.3, -0.25) is 4.79 Å². The van der Waals surface area contributed by atoms with Gasteiger partial charge in [0.2, 0.25) is 0 Å². The van der Waals surface area contributed by atoms with Crippen LogP contribution in [0.4, 0.5) is 0 Å². The molecule has 2 aliphatic carbocycles. The van der Waals surface area contributed by atoms with Gasteiger partial charge in [0, 0.05) is 0 Å². The van der Waals surface area contributed by atoms with Crippen LogP contribution in [0, 0.1) is 23.7 Å². The first kappa shape index (κ1) is 26.5. The lowest BCUT2D eigenvalue weighted by atomic mass is 9.73. The number of aliphatic hydroxyl groups excluding tert-OH is 1. The summed E-state index contributed by atoms with van der Waals surface area (Å²) in [6.45, 7) is 5.76. The van der Waals surface area contributed by atoms with Crippen LogP contribution in [0.15, 0.2) is 18.2 Å². The van der Waals surface area contributed by atoms with E-state index in [1.54, 1.807) is 0 Å². The maximum atomic E-state index is 12.5. The van der Waals surface area contributed by atoms with Gasteiger partial charge in [0.15, 0.2) is 6.61 Å². The van der Waals surface area contributed by atoms with E-state index in [0.29, 0.717) is 17.6 Å². The van der Waals surface area contributed by atoms with Gasteiger partial charge in [0.05, 0.1) is 12.0 Å². The molecule has 6 atom stereocenters. The van der Waals surface area contributed by atoms with Crippen LogP contribution in [0.1, 0.15) is 83.3 Å². The van der Waals surface area contributed by atoms with Crippen molar-refractivity contribution >= 4 is 11.9 Å². The topological polar surface area (TPSA) is 93.1 Å². The highest BCUT2D eigenvalue weighted by Gasteiger charge is 2.45. The lowest BCUT2D eigenvalue weighted by Gasteiger charge is -2.33. The monoisotopic (exact) mass is 474 g/mol. The van der Waals surface area contributed by atoms with Crippen LogP contribution in [0.5, 0.6) is 5.75 Å². The minimum atomic E-state index is -0.981. The number of rotatable bonds is 13. The number of carbonyl (C=O) groups is 2. The molecule has 6 heteroatoms. The SMILES string of the molecule is CCCCC[C@@H](CC[C@@H]1[C@H]2Cc3cccc(OCC(=O)O)c3C[C@H]2C[C@H]1O)OC(=O)[C@@H](C)CC. The zero-order valence-electron chi connectivity index (χ0n) is 21.0. The van der Waals surface area contributed by atoms with Crippen molar-refractivity contribution in [3.05, 3.63) is 29.3 Å². The van der Waals surface area contributed by atoms with Gasteiger partial charge in [-0.2, -0.15) is 0 Å². The van der Waals surface area contributed by atoms with Gasteiger partial charge in [-0.05, 0) is 86.3 Å². The summed E-state index contributed by atoms with van der Waals surface area (Å²) in [5.41, 5.74) is 2.30. The molecular weight excluding hydrogens is 432 g/mol. The second-order valence-electron chi connectivity index (χ2n) is 10.3. The summed E-state index contributed by atoms with van der Waals surface area (Å²) in [7, 11) is 0. The molecule has 1 saturated carbocycles. The van der Waals surface area contributed by atoms with Crippen molar-refractivity contribution in [2.45, 2.75) is 97.2 Å². The Morgan fingerprint density at radius 2 is 1.94 bits per heavy atom. The molecular formula is C28H42O6. The summed E-state index contributed by atoms with van der Waals surface area (Å²) >= 11 is 0. The third-order valence-electron chi connectivity index (χ3n) is 7.95. The smallest absolute Gasteiger partial charge is 0.341 e. The van der Waals surface area contributed by atoms with E-state index in [9.17, 15) is 14.7 Å². The van der Waals surface area contributed by atoms with Crippen LogP contribution in [-0.4, -0.2) is 41.0 Å². The molecule has 3 rings (SSSR count). The van der Waals surface area contributed by atoms with E-state index >= 15 is 0 Å². The number of hydrogen-bond donors (Lipinski definition) is 2. The minimum Gasteiger partial charge on any atom is -0.482 e. The summed E-state index contributed by atoms with van der Waals surface area (Å²) in [6, 6.07) is 5.87. The summed E-state index contributed by atoms with van der Waals surface area (Å²) in [5, 5.41) is 19.9. The van der Waals surface area contributed by atoms with E-state index in [4.69, 9.17) is 14.6 Å². The average Bonchev–Trinajstić information content (AvgIpc) is 3.12. The molecule has 0 amide bonds. The fourth-order valence-electron chi connectivity index (χ4n) is 5.79. The molecule has 2 N–H and O–H groups in total. The van der Waals surface area contributed by atoms with Crippen LogP contribution in [0.2, 0.25) is 0 Å². The van der Waals surface area contributed by atoms with E-state index in [1.165, 1.54) is 5.56 Å². The zero-order valence-corrected chi connectivity index (χ0v) is 21.0.